The molecule has 0 radical (unpaired) electrons. The van der Waals surface area contributed by atoms with E-state index < -0.39 is 29.9 Å². The molecule has 0 amide bonds. The molecule has 0 bridgehead atoms. The predicted octanol–water partition coefficient (Wildman–Crippen LogP) is 7.32. The molecule has 0 aromatic heterocycles. The third-order valence-electron chi connectivity index (χ3n) is 8.49. The van der Waals surface area contributed by atoms with Crippen LogP contribution in [0.4, 0.5) is 0 Å². The van der Waals surface area contributed by atoms with E-state index in [1.807, 2.05) is 105 Å². The Hall–Kier alpha value is -4.89. The van der Waals surface area contributed by atoms with Crippen LogP contribution in [0.1, 0.15) is 61.6 Å². The van der Waals surface area contributed by atoms with Gasteiger partial charge < -0.3 is 28.6 Å². The van der Waals surface area contributed by atoms with E-state index in [1.165, 1.54) is 0 Å². The summed E-state index contributed by atoms with van der Waals surface area (Å²) < 4.78 is 27.9. The van der Waals surface area contributed by atoms with Crippen molar-refractivity contribution in [2.45, 2.75) is 63.9 Å². The molecule has 9 nitrogen and oxygen atoms in total. The van der Waals surface area contributed by atoms with Gasteiger partial charge in [0.2, 0.25) is 0 Å². The minimum Gasteiger partial charge on any atom is -0.497 e. The molecule has 4 rings (SSSR count). The van der Waals surface area contributed by atoms with E-state index in [9.17, 15) is 14.4 Å². The van der Waals surface area contributed by atoms with Crippen molar-refractivity contribution in [3.63, 3.8) is 0 Å². The van der Waals surface area contributed by atoms with E-state index in [-0.39, 0.29) is 19.4 Å². The lowest BCUT2D eigenvalue weighted by Gasteiger charge is -2.21. The third-order valence-corrected chi connectivity index (χ3v) is 8.49. The number of nitrogens with zero attached hydrogens (tertiary/aromatic N) is 1. The highest BCUT2D eigenvalue weighted by Gasteiger charge is 2.25. The number of carbonyl (C=O) groups is 3. The lowest BCUT2D eigenvalue weighted by Crippen LogP contribution is -2.29. The van der Waals surface area contributed by atoms with E-state index in [1.54, 1.807) is 14.2 Å². The van der Waals surface area contributed by atoms with Crippen LogP contribution in [0.2, 0.25) is 0 Å². The largest absolute Gasteiger partial charge is 0.497 e. The summed E-state index contributed by atoms with van der Waals surface area (Å²) in [6.07, 6.45) is 2.36. The maximum Gasteiger partial charge on any atom is 0.321 e. The van der Waals surface area contributed by atoms with Crippen LogP contribution in [0.5, 0.6) is 17.2 Å². The second-order valence-electron chi connectivity index (χ2n) is 12.6. The number of para-hydroxylation sites is 1. The molecule has 4 aromatic rings. The number of rotatable bonds is 19. The zero-order valence-corrected chi connectivity index (χ0v) is 29.8. The molecule has 0 fully saturated rings. The van der Waals surface area contributed by atoms with E-state index in [2.05, 4.69) is 6.07 Å². The molecule has 50 heavy (non-hydrogen) atoms. The zero-order valence-electron chi connectivity index (χ0n) is 29.8. The molecule has 0 aliphatic rings. The lowest BCUT2D eigenvalue weighted by atomic mass is 9.92. The summed E-state index contributed by atoms with van der Waals surface area (Å²) in [6.45, 7) is 2.81. The Bertz CT molecular complexity index is 1720. The molecular weight excluding hydrogens is 634 g/mol. The van der Waals surface area contributed by atoms with Gasteiger partial charge in [0, 0.05) is 13.0 Å². The van der Waals surface area contributed by atoms with Gasteiger partial charge >= 0.3 is 17.9 Å². The third kappa shape index (κ3) is 11.6. The maximum atomic E-state index is 13.1. The SMILES string of the molecule is CCC[C@H](C(=O)OC(=O)CCC(=O)O[C@@H](CCN(C)C)COc1ccccc1CCc1cccc(OC)c1)c1ccc2cc(OC)ccc2c1. The number of aryl methyl sites for hydroxylation is 2. The van der Waals surface area contributed by atoms with Gasteiger partial charge in [-0.3, -0.25) is 14.4 Å². The van der Waals surface area contributed by atoms with Crippen molar-refractivity contribution in [2.75, 3.05) is 41.5 Å². The van der Waals surface area contributed by atoms with Crippen molar-refractivity contribution >= 4 is 28.7 Å². The molecule has 0 N–H and O–H groups in total. The Labute approximate surface area is 295 Å². The first-order valence-corrected chi connectivity index (χ1v) is 17.2. The van der Waals surface area contributed by atoms with Crippen LogP contribution in [0.15, 0.2) is 84.9 Å². The Morgan fingerprint density at radius 3 is 2.22 bits per heavy atom. The fraction of sp³-hybridized carbons (Fsp3) is 0.390. The molecule has 0 unspecified atom stereocenters. The summed E-state index contributed by atoms with van der Waals surface area (Å²) in [7, 11) is 7.16. The Balaban J connectivity index is 1.31. The van der Waals surface area contributed by atoms with Gasteiger partial charge in [0.15, 0.2) is 0 Å². The van der Waals surface area contributed by atoms with Gasteiger partial charge in [-0.15, -0.1) is 0 Å². The summed E-state index contributed by atoms with van der Waals surface area (Å²) >= 11 is 0. The van der Waals surface area contributed by atoms with E-state index in [4.69, 9.17) is 23.7 Å². The van der Waals surface area contributed by atoms with E-state index in [0.29, 0.717) is 19.4 Å². The van der Waals surface area contributed by atoms with Crippen LogP contribution >= 0.6 is 0 Å². The van der Waals surface area contributed by atoms with Crippen molar-refractivity contribution in [2.24, 2.45) is 0 Å². The van der Waals surface area contributed by atoms with E-state index >= 15 is 0 Å². The predicted molar refractivity (Wildman–Crippen MR) is 194 cm³/mol. The second kappa shape index (κ2) is 19.3. The van der Waals surface area contributed by atoms with Crippen LogP contribution in [-0.4, -0.2) is 70.4 Å². The average Bonchev–Trinajstić information content (AvgIpc) is 3.13. The second-order valence-corrected chi connectivity index (χ2v) is 12.6. The fourth-order valence-corrected chi connectivity index (χ4v) is 5.70. The normalized spacial score (nSPS) is 12.3. The van der Waals surface area contributed by atoms with Gasteiger partial charge in [0.25, 0.3) is 0 Å². The molecule has 2 atom stereocenters. The number of carbonyl (C=O) groups excluding carboxylic acids is 3. The number of hydrogen-bond donors (Lipinski definition) is 0. The van der Waals surface area contributed by atoms with Crippen LogP contribution in [-0.2, 0) is 36.7 Å². The van der Waals surface area contributed by atoms with Gasteiger partial charge in [-0.1, -0.05) is 67.9 Å². The summed E-state index contributed by atoms with van der Waals surface area (Å²) in [5, 5.41) is 1.94. The van der Waals surface area contributed by atoms with Gasteiger partial charge in [-0.2, -0.15) is 0 Å². The van der Waals surface area contributed by atoms with Crippen molar-refractivity contribution < 1.29 is 38.1 Å². The van der Waals surface area contributed by atoms with Crippen LogP contribution < -0.4 is 14.2 Å². The Kier molecular flexibility index (Phi) is 14.7. The number of ether oxygens (including phenoxy) is 5. The Morgan fingerprint density at radius 2 is 1.46 bits per heavy atom. The fourth-order valence-electron chi connectivity index (χ4n) is 5.70. The van der Waals surface area contributed by atoms with E-state index in [0.717, 1.165) is 64.0 Å². The lowest BCUT2D eigenvalue weighted by molar-refractivity contribution is -0.163. The summed E-state index contributed by atoms with van der Waals surface area (Å²) in [4.78, 5) is 40.8. The highest BCUT2D eigenvalue weighted by Crippen LogP contribution is 2.29. The molecular formula is C41H49NO8. The molecule has 0 saturated carbocycles. The minimum atomic E-state index is -0.760. The first kappa shape index (κ1) is 37.9. The first-order valence-electron chi connectivity index (χ1n) is 17.2. The number of benzene rings is 4. The van der Waals surface area contributed by atoms with Crippen molar-refractivity contribution in [3.8, 4) is 17.2 Å². The smallest absolute Gasteiger partial charge is 0.321 e. The summed E-state index contributed by atoms with van der Waals surface area (Å²) in [5.41, 5.74) is 2.98. The van der Waals surface area contributed by atoms with Gasteiger partial charge in [-0.25, -0.2) is 0 Å². The summed E-state index contributed by atoms with van der Waals surface area (Å²) in [6, 6.07) is 27.3. The van der Waals surface area contributed by atoms with Gasteiger partial charge in [-0.05, 0) is 91.2 Å². The number of methoxy groups -OCH3 is 2. The van der Waals surface area contributed by atoms with Crippen LogP contribution in [0.25, 0.3) is 10.8 Å². The van der Waals surface area contributed by atoms with Gasteiger partial charge in [0.05, 0.1) is 33.0 Å². The maximum absolute atomic E-state index is 13.1. The molecule has 266 valence electrons. The molecule has 0 heterocycles. The van der Waals surface area contributed by atoms with Gasteiger partial charge in [0.1, 0.15) is 30.0 Å². The summed E-state index contributed by atoms with van der Waals surface area (Å²) in [5.74, 6) is -0.240. The topological polar surface area (TPSA) is 101 Å². The number of hydrogen-bond acceptors (Lipinski definition) is 9. The van der Waals surface area contributed by atoms with Crippen molar-refractivity contribution in [3.05, 3.63) is 102 Å². The monoisotopic (exact) mass is 683 g/mol. The minimum absolute atomic E-state index is 0.163. The van der Waals surface area contributed by atoms with Crippen molar-refractivity contribution in [1.29, 1.82) is 0 Å². The molecule has 4 aromatic carbocycles. The standard InChI is InChI=1S/C41H49NO8/c1-6-10-37(33-18-17-32-27-35(47-5)20-19-31(32)26-33)41(45)50-40(44)22-21-39(43)49-36(23-24-42(2)3)28-48-38-14-8-7-12-30(38)16-15-29-11-9-13-34(25-29)46-4/h7-9,11-14,17-20,25-27,36-37H,6,10,15-16,21-24,28H2,1-5H3/t36-,37-/m0/s1. The molecule has 9 heteroatoms. The van der Waals surface area contributed by atoms with Crippen LogP contribution in [0, 0.1) is 0 Å². The number of fused-ring (bicyclic) bond motifs is 1. The number of esters is 3. The molecule has 0 saturated heterocycles. The Morgan fingerprint density at radius 1 is 0.740 bits per heavy atom. The molecule has 0 aliphatic carbocycles. The first-order chi connectivity index (χ1) is 24.2. The highest BCUT2D eigenvalue weighted by molar-refractivity contribution is 5.92. The van der Waals surface area contributed by atoms with Crippen LogP contribution in [0.3, 0.4) is 0 Å². The zero-order chi connectivity index (χ0) is 35.9. The quantitative estimate of drug-likeness (QED) is 0.0744. The molecule has 0 aliphatic heterocycles. The average molecular weight is 684 g/mol. The molecule has 0 spiro atoms. The highest BCUT2D eigenvalue weighted by atomic mass is 16.6. The van der Waals surface area contributed by atoms with Crippen molar-refractivity contribution in [1.82, 2.24) is 4.90 Å².